The lowest BCUT2D eigenvalue weighted by molar-refractivity contribution is 0.276. The molecular formula is C32H42N4O4Si. The SMILES string of the molecule is COc1cncc(Nc2ccc(CO)cc2)c1.COc1cncc(Nc2ccc(CO[Si](C)(C)C(C)(C)C)cc2)c1. The molecule has 41 heavy (non-hydrogen) atoms. The number of anilines is 4. The second-order valence-electron chi connectivity index (χ2n) is 11.1. The van der Waals surface area contributed by atoms with Crippen LogP contribution >= 0.6 is 0 Å². The average molecular weight is 575 g/mol. The molecule has 0 saturated carbocycles. The second kappa shape index (κ2) is 14.6. The van der Waals surface area contributed by atoms with Gasteiger partial charge in [0.15, 0.2) is 8.32 Å². The quantitative estimate of drug-likeness (QED) is 0.166. The molecule has 0 radical (unpaired) electrons. The van der Waals surface area contributed by atoms with Crippen LogP contribution in [0.2, 0.25) is 18.1 Å². The highest BCUT2D eigenvalue weighted by Gasteiger charge is 2.36. The van der Waals surface area contributed by atoms with Crippen LogP contribution < -0.4 is 20.1 Å². The van der Waals surface area contributed by atoms with Crippen LogP contribution in [0.1, 0.15) is 31.9 Å². The number of hydrogen-bond donors (Lipinski definition) is 3. The number of rotatable bonds is 10. The Morgan fingerprint density at radius 2 is 1.12 bits per heavy atom. The van der Waals surface area contributed by atoms with E-state index in [0.29, 0.717) is 12.4 Å². The van der Waals surface area contributed by atoms with Crippen molar-refractivity contribution in [3.8, 4) is 11.5 Å². The molecule has 3 N–H and O–H groups in total. The maximum Gasteiger partial charge on any atom is 0.192 e. The van der Waals surface area contributed by atoms with Gasteiger partial charge >= 0.3 is 0 Å². The molecule has 0 saturated heterocycles. The average Bonchev–Trinajstić information content (AvgIpc) is 2.97. The molecule has 4 aromatic rings. The molecule has 0 unspecified atom stereocenters. The van der Waals surface area contributed by atoms with Crippen molar-refractivity contribution in [3.05, 3.63) is 96.6 Å². The van der Waals surface area contributed by atoms with Crippen LogP contribution in [0.4, 0.5) is 22.7 Å². The molecule has 0 bridgehead atoms. The van der Waals surface area contributed by atoms with E-state index in [0.717, 1.165) is 34.1 Å². The maximum atomic E-state index is 8.94. The number of hydrogen-bond acceptors (Lipinski definition) is 8. The fourth-order valence-corrected chi connectivity index (χ4v) is 4.35. The zero-order chi connectivity index (χ0) is 29.9. The Morgan fingerprint density at radius 1 is 0.683 bits per heavy atom. The molecule has 218 valence electrons. The number of pyridine rings is 2. The van der Waals surface area contributed by atoms with Crippen LogP contribution in [0.25, 0.3) is 0 Å². The van der Waals surface area contributed by atoms with Gasteiger partial charge in [-0.05, 0) is 53.5 Å². The van der Waals surface area contributed by atoms with E-state index in [1.807, 2.05) is 36.4 Å². The second-order valence-corrected chi connectivity index (χ2v) is 15.9. The van der Waals surface area contributed by atoms with Gasteiger partial charge in [0.1, 0.15) is 11.5 Å². The zero-order valence-electron chi connectivity index (χ0n) is 25.1. The summed E-state index contributed by atoms with van der Waals surface area (Å²) in [4.78, 5) is 8.20. The van der Waals surface area contributed by atoms with Gasteiger partial charge in [-0.1, -0.05) is 45.0 Å². The predicted molar refractivity (Wildman–Crippen MR) is 169 cm³/mol. The van der Waals surface area contributed by atoms with Gasteiger partial charge in [0.05, 0.1) is 63.6 Å². The number of aliphatic hydroxyl groups is 1. The van der Waals surface area contributed by atoms with Crippen molar-refractivity contribution < 1.29 is 19.0 Å². The third-order valence-electron chi connectivity index (χ3n) is 6.97. The smallest absolute Gasteiger partial charge is 0.192 e. The molecule has 0 aliphatic carbocycles. The van der Waals surface area contributed by atoms with Gasteiger partial charge in [0, 0.05) is 23.5 Å². The summed E-state index contributed by atoms with van der Waals surface area (Å²) < 4.78 is 16.5. The van der Waals surface area contributed by atoms with Gasteiger partial charge in [-0.15, -0.1) is 0 Å². The van der Waals surface area contributed by atoms with Crippen LogP contribution in [0.15, 0.2) is 85.5 Å². The van der Waals surface area contributed by atoms with Crippen LogP contribution in [0.5, 0.6) is 11.5 Å². The van der Waals surface area contributed by atoms with E-state index in [2.05, 4.69) is 78.7 Å². The minimum atomic E-state index is -1.71. The Morgan fingerprint density at radius 3 is 1.51 bits per heavy atom. The summed E-state index contributed by atoms with van der Waals surface area (Å²) in [5, 5.41) is 15.7. The number of nitrogens with one attached hydrogen (secondary N) is 2. The van der Waals surface area contributed by atoms with Gasteiger partial charge < -0.3 is 29.6 Å². The largest absolute Gasteiger partial charge is 0.495 e. The minimum absolute atomic E-state index is 0.0565. The molecule has 0 aliphatic heterocycles. The summed E-state index contributed by atoms with van der Waals surface area (Å²) in [6.45, 7) is 12.0. The first kappa shape index (κ1) is 31.6. The number of nitrogens with zero attached hydrogens (tertiary/aromatic N) is 2. The molecule has 0 amide bonds. The molecule has 0 atom stereocenters. The maximum absolute atomic E-state index is 8.94. The predicted octanol–water partition coefficient (Wildman–Crippen LogP) is 7.68. The van der Waals surface area contributed by atoms with E-state index in [1.165, 1.54) is 5.56 Å². The molecular weight excluding hydrogens is 532 g/mol. The molecule has 9 heteroatoms. The number of benzene rings is 2. The molecule has 8 nitrogen and oxygen atoms in total. The van der Waals surface area contributed by atoms with E-state index >= 15 is 0 Å². The number of methoxy groups -OCH3 is 2. The molecule has 2 aromatic carbocycles. The summed E-state index contributed by atoms with van der Waals surface area (Å²) in [6, 6.07) is 19.7. The molecule has 0 aliphatic rings. The topological polar surface area (TPSA) is 97.8 Å². The molecule has 2 aromatic heterocycles. The lowest BCUT2D eigenvalue weighted by atomic mass is 10.2. The molecule has 0 fully saturated rings. The minimum Gasteiger partial charge on any atom is -0.495 e. The van der Waals surface area contributed by atoms with Gasteiger partial charge in [0.25, 0.3) is 0 Å². The normalized spacial score (nSPS) is 11.2. The third-order valence-corrected chi connectivity index (χ3v) is 11.4. The monoisotopic (exact) mass is 574 g/mol. The van der Waals surface area contributed by atoms with Crippen molar-refractivity contribution >= 4 is 31.1 Å². The number of ether oxygens (including phenoxy) is 2. The van der Waals surface area contributed by atoms with Crippen molar-refractivity contribution in [2.24, 2.45) is 0 Å². The summed E-state index contributed by atoms with van der Waals surface area (Å²) in [5.41, 5.74) is 5.80. The fraction of sp³-hybridized carbons (Fsp3) is 0.312. The Balaban J connectivity index is 0.000000239. The highest BCUT2D eigenvalue weighted by molar-refractivity contribution is 6.74. The Labute approximate surface area is 244 Å². The third kappa shape index (κ3) is 9.89. The number of aromatic nitrogens is 2. The lowest BCUT2D eigenvalue weighted by Gasteiger charge is -2.36. The van der Waals surface area contributed by atoms with Gasteiger partial charge in [-0.3, -0.25) is 9.97 Å². The van der Waals surface area contributed by atoms with E-state index in [4.69, 9.17) is 19.0 Å². The van der Waals surface area contributed by atoms with E-state index < -0.39 is 8.32 Å². The van der Waals surface area contributed by atoms with Crippen molar-refractivity contribution in [2.75, 3.05) is 24.9 Å². The summed E-state index contributed by atoms with van der Waals surface area (Å²) >= 11 is 0. The summed E-state index contributed by atoms with van der Waals surface area (Å²) in [7, 11) is 1.53. The first-order chi connectivity index (χ1) is 19.5. The van der Waals surface area contributed by atoms with Crippen molar-refractivity contribution in [3.63, 3.8) is 0 Å². The van der Waals surface area contributed by atoms with Crippen molar-refractivity contribution in [2.45, 2.75) is 52.1 Å². The summed E-state index contributed by atoms with van der Waals surface area (Å²) in [5.74, 6) is 1.45. The zero-order valence-corrected chi connectivity index (χ0v) is 26.1. The molecule has 2 heterocycles. The van der Waals surface area contributed by atoms with Crippen molar-refractivity contribution in [1.82, 2.24) is 9.97 Å². The Hall–Kier alpha value is -3.92. The van der Waals surface area contributed by atoms with Crippen LogP contribution in [-0.4, -0.2) is 37.6 Å². The first-order valence-electron chi connectivity index (χ1n) is 13.5. The van der Waals surface area contributed by atoms with E-state index in [9.17, 15) is 0 Å². The van der Waals surface area contributed by atoms with Crippen molar-refractivity contribution in [1.29, 1.82) is 0 Å². The van der Waals surface area contributed by atoms with Gasteiger partial charge in [-0.2, -0.15) is 0 Å². The number of aliphatic hydroxyl groups excluding tert-OH is 1. The fourth-order valence-electron chi connectivity index (χ4n) is 3.39. The standard InChI is InChI=1S/C19H28N2O2Si.C13H14N2O2/c1-19(2,3)24(5,6)23-14-15-7-9-16(10-8-15)21-17-11-18(22-4)13-20-12-17;1-17-13-6-12(7-14-8-13)15-11-4-2-10(9-16)3-5-11/h7-13,21H,14H2,1-6H3;2-8,15-16H,9H2,1H3. The summed E-state index contributed by atoms with van der Waals surface area (Å²) in [6.07, 6.45) is 6.84. The first-order valence-corrected chi connectivity index (χ1v) is 16.4. The highest BCUT2D eigenvalue weighted by Crippen LogP contribution is 2.37. The van der Waals surface area contributed by atoms with E-state index in [1.54, 1.807) is 39.0 Å². The lowest BCUT2D eigenvalue weighted by Crippen LogP contribution is -2.40. The van der Waals surface area contributed by atoms with Crippen LogP contribution in [0, 0.1) is 0 Å². The molecule has 0 spiro atoms. The van der Waals surface area contributed by atoms with Crippen LogP contribution in [0.3, 0.4) is 0 Å². The van der Waals surface area contributed by atoms with Gasteiger partial charge in [-0.25, -0.2) is 0 Å². The Bertz CT molecular complexity index is 1360. The van der Waals surface area contributed by atoms with Gasteiger partial charge in [0.2, 0.25) is 0 Å². The highest BCUT2D eigenvalue weighted by atomic mass is 28.4. The molecule has 4 rings (SSSR count). The van der Waals surface area contributed by atoms with E-state index in [-0.39, 0.29) is 11.6 Å². The van der Waals surface area contributed by atoms with Crippen LogP contribution in [-0.2, 0) is 17.6 Å². The Kier molecular flexibility index (Phi) is 11.3.